The zero-order chi connectivity index (χ0) is 11.5. The van der Waals surface area contributed by atoms with Gasteiger partial charge in [0.1, 0.15) is 5.82 Å². The topological polar surface area (TPSA) is 56.6 Å². The first-order chi connectivity index (χ1) is 7.70. The molecule has 1 saturated heterocycles. The second-order valence-corrected chi connectivity index (χ2v) is 4.41. The Morgan fingerprint density at radius 1 is 1.56 bits per heavy atom. The summed E-state index contributed by atoms with van der Waals surface area (Å²) in [6.07, 6.45) is 2.27. The summed E-state index contributed by atoms with van der Waals surface area (Å²) in [5.74, 6) is 1.30. The lowest BCUT2D eigenvalue weighted by Gasteiger charge is -2.17. The van der Waals surface area contributed by atoms with E-state index >= 15 is 0 Å². The summed E-state index contributed by atoms with van der Waals surface area (Å²) in [6.45, 7) is 3.81. The smallest absolute Gasteiger partial charge is 0.128 e. The maximum absolute atomic E-state index is 9.37. The van der Waals surface area contributed by atoms with Crippen molar-refractivity contribution in [3.8, 4) is 0 Å². The third-order valence-electron chi connectivity index (χ3n) is 3.12. The van der Waals surface area contributed by atoms with Crippen molar-refractivity contribution < 1.29 is 10.2 Å². The van der Waals surface area contributed by atoms with E-state index in [4.69, 9.17) is 5.11 Å². The minimum absolute atomic E-state index is 0.252. The summed E-state index contributed by atoms with van der Waals surface area (Å²) in [5, 5.41) is 18.4. The first-order valence-electron chi connectivity index (χ1n) is 5.70. The molecule has 0 spiro atoms. The molecule has 4 heteroatoms. The highest BCUT2D eigenvalue weighted by atomic mass is 16.3. The standard InChI is InChI=1S/C12H18N2O2/c1-9(16)11-2-3-12(13-6-11)14-5-4-10(7-14)8-15/h2-3,6,9-10,15-16H,4-5,7-8H2,1H3/t9-,10?/m0/s1. The van der Waals surface area contributed by atoms with E-state index in [9.17, 15) is 5.11 Å². The normalized spacial score (nSPS) is 22.4. The van der Waals surface area contributed by atoms with Gasteiger partial charge < -0.3 is 15.1 Å². The van der Waals surface area contributed by atoms with Crippen LogP contribution in [0.2, 0.25) is 0 Å². The van der Waals surface area contributed by atoms with Gasteiger partial charge in [-0.15, -0.1) is 0 Å². The second kappa shape index (κ2) is 4.80. The second-order valence-electron chi connectivity index (χ2n) is 4.41. The molecule has 0 bridgehead atoms. The van der Waals surface area contributed by atoms with E-state index in [-0.39, 0.29) is 6.61 Å². The molecule has 1 aromatic heterocycles. The molecule has 2 atom stereocenters. The van der Waals surface area contributed by atoms with Crippen LogP contribution in [-0.2, 0) is 0 Å². The van der Waals surface area contributed by atoms with Crippen LogP contribution < -0.4 is 4.90 Å². The van der Waals surface area contributed by atoms with E-state index < -0.39 is 6.10 Å². The van der Waals surface area contributed by atoms with Crippen molar-refractivity contribution in [3.63, 3.8) is 0 Å². The van der Waals surface area contributed by atoms with Crippen LogP contribution in [0.25, 0.3) is 0 Å². The molecule has 16 heavy (non-hydrogen) atoms. The maximum Gasteiger partial charge on any atom is 0.128 e. The molecule has 2 rings (SSSR count). The molecule has 1 fully saturated rings. The van der Waals surface area contributed by atoms with Gasteiger partial charge in [-0.05, 0) is 25.0 Å². The van der Waals surface area contributed by atoms with E-state index in [1.54, 1.807) is 13.1 Å². The summed E-state index contributed by atoms with van der Waals surface area (Å²) in [6, 6.07) is 3.83. The van der Waals surface area contributed by atoms with Crippen molar-refractivity contribution in [1.82, 2.24) is 4.98 Å². The summed E-state index contributed by atoms with van der Waals surface area (Å²) in [7, 11) is 0. The SMILES string of the molecule is C[C@H](O)c1ccc(N2CCC(CO)C2)nc1. The third kappa shape index (κ3) is 2.33. The molecule has 2 heterocycles. The number of aliphatic hydroxyl groups is 2. The van der Waals surface area contributed by atoms with Crippen LogP contribution in [0.3, 0.4) is 0 Å². The molecule has 88 valence electrons. The Labute approximate surface area is 95.5 Å². The highest BCUT2D eigenvalue weighted by molar-refractivity contribution is 5.40. The monoisotopic (exact) mass is 222 g/mol. The summed E-state index contributed by atoms with van der Waals surface area (Å²) < 4.78 is 0. The van der Waals surface area contributed by atoms with Crippen LogP contribution in [0.4, 0.5) is 5.82 Å². The minimum Gasteiger partial charge on any atom is -0.396 e. The van der Waals surface area contributed by atoms with Crippen LogP contribution in [0.5, 0.6) is 0 Å². The van der Waals surface area contributed by atoms with E-state index in [0.717, 1.165) is 30.9 Å². The average Bonchev–Trinajstić information content (AvgIpc) is 2.77. The molecule has 1 aliphatic heterocycles. The number of aromatic nitrogens is 1. The van der Waals surface area contributed by atoms with Crippen molar-refractivity contribution in [2.24, 2.45) is 5.92 Å². The highest BCUT2D eigenvalue weighted by Gasteiger charge is 2.22. The zero-order valence-electron chi connectivity index (χ0n) is 9.50. The van der Waals surface area contributed by atoms with E-state index in [1.165, 1.54) is 0 Å². The molecular formula is C12H18N2O2. The molecular weight excluding hydrogens is 204 g/mol. The molecule has 0 radical (unpaired) electrons. The Hall–Kier alpha value is -1.13. The number of rotatable bonds is 3. The Morgan fingerprint density at radius 3 is 2.88 bits per heavy atom. The van der Waals surface area contributed by atoms with Crippen molar-refractivity contribution in [1.29, 1.82) is 0 Å². The Kier molecular flexibility index (Phi) is 3.41. The molecule has 1 unspecified atom stereocenters. The maximum atomic E-state index is 9.37. The predicted octanol–water partition coefficient (Wildman–Crippen LogP) is 0.954. The lowest BCUT2D eigenvalue weighted by Crippen LogP contribution is -2.21. The Morgan fingerprint density at radius 2 is 2.38 bits per heavy atom. The number of nitrogens with zero attached hydrogens (tertiary/aromatic N) is 2. The summed E-state index contributed by atoms with van der Waals surface area (Å²) in [4.78, 5) is 6.51. The van der Waals surface area contributed by atoms with Gasteiger partial charge in [-0.2, -0.15) is 0 Å². The molecule has 0 amide bonds. The Bertz CT molecular complexity index is 337. The lowest BCUT2D eigenvalue weighted by molar-refractivity contribution is 0.199. The zero-order valence-corrected chi connectivity index (χ0v) is 9.50. The fourth-order valence-electron chi connectivity index (χ4n) is 2.02. The van der Waals surface area contributed by atoms with Crippen LogP contribution in [0.1, 0.15) is 25.0 Å². The fourth-order valence-corrected chi connectivity index (χ4v) is 2.02. The first-order valence-corrected chi connectivity index (χ1v) is 5.70. The van der Waals surface area contributed by atoms with E-state index in [1.807, 2.05) is 12.1 Å². The molecule has 1 aliphatic rings. The molecule has 0 saturated carbocycles. The molecule has 2 N–H and O–H groups in total. The van der Waals surface area contributed by atoms with Gasteiger partial charge in [-0.3, -0.25) is 0 Å². The van der Waals surface area contributed by atoms with Gasteiger partial charge in [-0.25, -0.2) is 4.98 Å². The van der Waals surface area contributed by atoms with Crippen molar-refractivity contribution in [3.05, 3.63) is 23.9 Å². The van der Waals surface area contributed by atoms with E-state index in [0.29, 0.717) is 5.92 Å². The lowest BCUT2D eigenvalue weighted by atomic mass is 10.1. The number of anilines is 1. The van der Waals surface area contributed by atoms with Crippen LogP contribution in [0, 0.1) is 5.92 Å². The van der Waals surface area contributed by atoms with Crippen LogP contribution in [0.15, 0.2) is 18.3 Å². The summed E-state index contributed by atoms with van der Waals surface area (Å²) >= 11 is 0. The van der Waals surface area contributed by atoms with Crippen molar-refractivity contribution >= 4 is 5.82 Å². The number of hydrogen-bond donors (Lipinski definition) is 2. The van der Waals surface area contributed by atoms with Gasteiger partial charge in [0.05, 0.1) is 6.10 Å². The molecule has 0 aliphatic carbocycles. The van der Waals surface area contributed by atoms with Crippen LogP contribution in [-0.4, -0.2) is 34.9 Å². The van der Waals surface area contributed by atoms with Gasteiger partial charge in [0, 0.05) is 31.8 Å². The van der Waals surface area contributed by atoms with Crippen molar-refractivity contribution in [2.45, 2.75) is 19.4 Å². The quantitative estimate of drug-likeness (QED) is 0.799. The average molecular weight is 222 g/mol. The van der Waals surface area contributed by atoms with Crippen LogP contribution >= 0.6 is 0 Å². The number of pyridine rings is 1. The minimum atomic E-state index is -0.467. The third-order valence-corrected chi connectivity index (χ3v) is 3.12. The molecule has 4 nitrogen and oxygen atoms in total. The highest BCUT2D eigenvalue weighted by Crippen LogP contribution is 2.22. The largest absolute Gasteiger partial charge is 0.396 e. The van der Waals surface area contributed by atoms with E-state index in [2.05, 4.69) is 9.88 Å². The van der Waals surface area contributed by atoms with Gasteiger partial charge >= 0.3 is 0 Å². The fraction of sp³-hybridized carbons (Fsp3) is 0.583. The van der Waals surface area contributed by atoms with Gasteiger partial charge in [-0.1, -0.05) is 6.07 Å². The predicted molar refractivity (Wildman–Crippen MR) is 62.3 cm³/mol. The Balaban J connectivity index is 2.05. The number of aliphatic hydroxyl groups excluding tert-OH is 2. The first kappa shape index (κ1) is 11.4. The molecule has 0 aromatic carbocycles. The van der Waals surface area contributed by atoms with Gasteiger partial charge in [0.25, 0.3) is 0 Å². The summed E-state index contributed by atoms with van der Waals surface area (Å²) in [5.41, 5.74) is 0.835. The van der Waals surface area contributed by atoms with Crippen molar-refractivity contribution in [2.75, 3.05) is 24.6 Å². The van der Waals surface area contributed by atoms with Gasteiger partial charge in [0.15, 0.2) is 0 Å². The van der Waals surface area contributed by atoms with Gasteiger partial charge in [0.2, 0.25) is 0 Å². The molecule has 1 aromatic rings. The number of hydrogen-bond acceptors (Lipinski definition) is 4.